The summed E-state index contributed by atoms with van der Waals surface area (Å²) in [5.41, 5.74) is 2.79. The van der Waals surface area contributed by atoms with Crippen molar-refractivity contribution >= 4 is 27.5 Å². The molecule has 1 N–H and O–H groups in total. The first-order valence-electron chi connectivity index (χ1n) is 13.2. The Morgan fingerprint density at radius 3 is 2.05 bits per heavy atom. The molecule has 0 aliphatic rings. The molecule has 3 aromatic rings. The standard InChI is InChI=1S/C31H39N3O4S/c1-7-25-17-19-27(20-18-25)34(39(37,38)28-15-9-8-10-16-28)22-29(35)33(21-26-14-12-11-13-23(26)2)24(3)30(36)32-31(4,5)6/h8-20,24H,7,21-22H2,1-6H3,(H,32,36). The fourth-order valence-corrected chi connectivity index (χ4v) is 5.61. The lowest BCUT2D eigenvalue weighted by Gasteiger charge is -2.33. The highest BCUT2D eigenvalue weighted by molar-refractivity contribution is 7.92. The molecule has 0 aliphatic carbocycles. The van der Waals surface area contributed by atoms with Gasteiger partial charge in [-0.2, -0.15) is 0 Å². The van der Waals surface area contributed by atoms with E-state index in [2.05, 4.69) is 5.32 Å². The predicted molar refractivity (Wildman–Crippen MR) is 156 cm³/mol. The summed E-state index contributed by atoms with van der Waals surface area (Å²) < 4.78 is 28.8. The van der Waals surface area contributed by atoms with E-state index in [1.54, 1.807) is 37.3 Å². The quantitative estimate of drug-likeness (QED) is 0.382. The van der Waals surface area contributed by atoms with E-state index in [0.717, 1.165) is 27.4 Å². The molecule has 2 amide bonds. The minimum Gasteiger partial charge on any atom is -0.350 e. The number of carbonyl (C=O) groups excluding carboxylic acids is 2. The smallest absolute Gasteiger partial charge is 0.264 e. The first-order chi connectivity index (χ1) is 18.3. The van der Waals surface area contributed by atoms with Crippen molar-refractivity contribution in [3.05, 3.63) is 95.6 Å². The number of benzene rings is 3. The second kappa shape index (κ2) is 12.5. The first kappa shape index (κ1) is 29.9. The van der Waals surface area contributed by atoms with Gasteiger partial charge in [0, 0.05) is 12.1 Å². The number of anilines is 1. The third-order valence-corrected chi connectivity index (χ3v) is 8.30. The highest BCUT2D eigenvalue weighted by Gasteiger charge is 2.33. The van der Waals surface area contributed by atoms with E-state index in [1.807, 2.05) is 71.0 Å². The molecule has 208 valence electrons. The molecular weight excluding hydrogens is 510 g/mol. The third kappa shape index (κ3) is 7.69. The van der Waals surface area contributed by atoms with Crippen LogP contribution >= 0.6 is 0 Å². The molecule has 0 saturated heterocycles. The molecule has 0 saturated carbocycles. The molecular formula is C31H39N3O4S. The van der Waals surface area contributed by atoms with Gasteiger partial charge in [-0.05, 0) is 82.0 Å². The normalized spacial score (nSPS) is 12.5. The zero-order valence-corrected chi connectivity index (χ0v) is 24.5. The minimum atomic E-state index is -4.07. The Bertz CT molecular complexity index is 1380. The fourth-order valence-electron chi connectivity index (χ4n) is 4.17. The van der Waals surface area contributed by atoms with Crippen LogP contribution in [-0.2, 0) is 32.6 Å². The first-order valence-corrected chi connectivity index (χ1v) is 14.6. The largest absolute Gasteiger partial charge is 0.350 e. The number of carbonyl (C=O) groups is 2. The maximum Gasteiger partial charge on any atom is 0.264 e. The summed E-state index contributed by atoms with van der Waals surface area (Å²) in [7, 11) is -4.07. The van der Waals surface area contributed by atoms with Crippen molar-refractivity contribution in [2.75, 3.05) is 10.8 Å². The Morgan fingerprint density at radius 2 is 1.49 bits per heavy atom. The van der Waals surface area contributed by atoms with Crippen LogP contribution in [0.3, 0.4) is 0 Å². The van der Waals surface area contributed by atoms with E-state index in [1.165, 1.54) is 17.0 Å². The van der Waals surface area contributed by atoms with Gasteiger partial charge in [-0.1, -0.05) is 61.5 Å². The van der Waals surface area contributed by atoms with Gasteiger partial charge < -0.3 is 10.2 Å². The number of sulfonamides is 1. The zero-order chi connectivity index (χ0) is 28.8. The van der Waals surface area contributed by atoms with Crippen LogP contribution in [-0.4, -0.2) is 43.3 Å². The monoisotopic (exact) mass is 549 g/mol. The van der Waals surface area contributed by atoms with E-state index in [-0.39, 0.29) is 17.3 Å². The van der Waals surface area contributed by atoms with Gasteiger partial charge in [0.2, 0.25) is 11.8 Å². The van der Waals surface area contributed by atoms with Crippen molar-refractivity contribution in [3.63, 3.8) is 0 Å². The summed E-state index contributed by atoms with van der Waals surface area (Å²) >= 11 is 0. The van der Waals surface area contributed by atoms with E-state index in [0.29, 0.717) is 5.69 Å². The number of aryl methyl sites for hydroxylation is 2. The van der Waals surface area contributed by atoms with Crippen LogP contribution in [0, 0.1) is 6.92 Å². The molecule has 39 heavy (non-hydrogen) atoms. The van der Waals surface area contributed by atoms with Crippen LogP contribution in [0.1, 0.15) is 51.3 Å². The summed E-state index contributed by atoms with van der Waals surface area (Å²) in [4.78, 5) is 28.7. The molecule has 0 heterocycles. The fraction of sp³-hybridized carbons (Fsp3) is 0.355. The SMILES string of the molecule is CCc1ccc(N(CC(=O)N(Cc2ccccc2C)C(C)C(=O)NC(C)(C)C)S(=O)(=O)c2ccccc2)cc1. The van der Waals surface area contributed by atoms with Crippen molar-refractivity contribution in [1.29, 1.82) is 0 Å². The molecule has 7 nitrogen and oxygen atoms in total. The summed E-state index contributed by atoms with van der Waals surface area (Å²) in [6.45, 7) is 11.0. The molecule has 1 atom stereocenters. The molecule has 1 unspecified atom stereocenters. The highest BCUT2D eigenvalue weighted by Crippen LogP contribution is 2.25. The predicted octanol–water partition coefficient (Wildman–Crippen LogP) is 5.08. The van der Waals surface area contributed by atoms with Crippen LogP contribution in [0.15, 0.2) is 83.8 Å². The summed E-state index contributed by atoms with van der Waals surface area (Å²) in [5.74, 6) is -0.789. The van der Waals surface area contributed by atoms with Gasteiger partial charge in [0.15, 0.2) is 0 Å². The number of rotatable bonds is 10. The number of hydrogen-bond acceptors (Lipinski definition) is 4. The Balaban J connectivity index is 2.04. The van der Waals surface area contributed by atoms with Crippen molar-refractivity contribution in [1.82, 2.24) is 10.2 Å². The van der Waals surface area contributed by atoms with E-state index < -0.39 is 34.1 Å². The number of hydrogen-bond donors (Lipinski definition) is 1. The van der Waals surface area contributed by atoms with Crippen LogP contribution in [0.4, 0.5) is 5.69 Å². The zero-order valence-electron chi connectivity index (χ0n) is 23.6. The van der Waals surface area contributed by atoms with Gasteiger partial charge in [-0.15, -0.1) is 0 Å². The Morgan fingerprint density at radius 1 is 0.897 bits per heavy atom. The second-order valence-corrected chi connectivity index (χ2v) is 12.6. The van der Waals surface area contributed by atoms with Crippen LogP contribution in [0.5, 0.6) is 0 Å². The van der Waals surface area contributed by atoms with E-state index in [4.69, 9.17) is 0 Å². The van der Waals surface area contributed by atoms with Crippen LogP contribution < -0.4 is 9.62 Å². The molecule has 8 heteroatoms. The summed E-state index contributed by atoms with van der Waals surface area (Å²) in [5, 5.41) is 2.94. The van der Waals surface area contributed by atoms with Crippen LogP contribution in [0.25, 0.3) is 0 Å². The maximum atomic E-state index is 14.0. The average molecular weight is 550 g/mol. The maximum absolute atomic E-state index is 14.0. The van der Waals surface area contributed by atoms with E-state index in [9.17, 15) is 18.0 Å². The molecule has 0 fully saturated rings. The number of nitrogens with zero attached hydrogens (tertiary/aromatic N) is 2. The summed E-state index contributed by atoms with van der Waals surface area (Å²) in [6, 6.07) is 22.0. The van der Waals surface area contributed by atoms with Gasteiger partial charge in [-0.25, -0.2) is 8.42 Å². The number of nitrogens with one attached hydrogen (secondary N) is 1. The second-order valence-electron chi connectivity index (χ2n) is 10.7. The topological polar surface area (TPSA) is 86.8 Å². The van der Waals surface area contributed by atoms with Gasteiger partial charge >= 0.3 is 0 Å². The molecule has 0 bridgehead atoms. The molecule has 0 aromatic heterocycles. The lowest BCUT2D eigenvalue weighted by Crippen LogP contribution is -2.54. The molecule has 0 spiro atoms. The van der Waals surface area contributed by atoms with Gasteiger partial charge in [0.25, 0.3) is 10.0 Å². The van der Waals surface area contributed by atoms with Gasteiger partial charge in [0.05, 0.1) is 10.6 Å². The van der Waals surface area contributed by atoms with Crippen LogP contribution in [0.2, 0.25) is 0 Å². The van der Waals surface area contributed by atoms with Crippen molar-refractivity contribution in [2.24, 2.45) is 0 Å². The highest BCUT2D eigenvalue weighted by atomic mass is 32.2. The van der Waals surface area contributed by atoms with Crippen molar-refractivity contribution in [3.8, 4) is 0 Å². The van der Waals surface area contributed by atoms with Gasteiger partial charge in [-0.3, -0.25) is 13.9 Å². The lowest BCUT2D eigenvalue weighted by atomic mass is 10.1. The van der Waals surface area contributed by atoms with Crippen molar-refractivity contribution in [2.45, 2.75) is 71.0 Å². The molecule has 3 rings (SSSR count). The Labute approximate surface area is 232 Å². The minimum absolute atomic E-state index is 0.0846. The lowest BCUT2D eigenvalue weighted by molar-refractivity contribution is -0.140. The Kier molecular flexibility index (Phi) is 9.56. The van der Waals surface area contributed by atoms with Gasteiger partial charge in [0.1, 0.15) is 12.6 Å². The molecule has 0 aliphatic heterocycles. The number of amides is 2. The average Bonchev–Trinajstić information content (AvgIpc) is 2.90. The molecule has 3 aromatic carbocycles. The third-order valence-electron chi connectivity index (χ3n) is 6.51. The van der Waals surface area contributed by atoms with E-state index >= 15 is 0 Å². The van der Waals surface area contributed by atoms with Crippen molar-refractivity contribution < 1.29 is 18.0 Å². The molecule has 0 radical (unpaired) electrons. The summed E-state index contributed by atoms with van der Waals surface area (Å²) in [6.07, 6.45) is 0.801. The Hall–Kier alpha value is -3.65.